The van der Waals surface area contributed by atoms with Gasteiger partial charge in [0, 0.05) is 16.6 Å². The Hall–Kier alpha value is -0.640. The third kappa shape index (κ3) is 2.54. The number of hydrogen-bond donors (Lipinski definition) is 2. The van der Waals surface area contributed by atoms with Gasteiger partial charge in [0.25, 0.3) is 0 Å². The van der Waals surface area contributed by atoms with Crippen molar-refractivity contribution < 1.29 is 4.39 Å². The molecule has 1 aromatic rings. The topological polar surface area (TPSA) is 38.0 Å². The van der Waals surface area contributed by atoms with Crippen molar-refractivity contribution in [2.24, 2.45) is 11.7 Å². The molecule has 2 rings (SSSR count). The van der Waals surface area contributed by atoms with E-state index in [2.05, 4.69) is 5.32 Å². The van der Waals surface area contributed by atoms with Gasteiger partial charge in [-0.3, -0.25) is 0 Å². The fourth-order valence-corrected chi connectivity index (χ4v) is 2.39. The van der Waals surface area contributed by atoms with Gasteiger partial charge >= 0.3 is 0 Å². The lowest BCUT2D eigenvalue weighted by atomic mass is 9.86. The predicted molar refractivity (Wildman–Crippen MR) is 63.9 cm³/mol. The summed E-state index contributed by atoms with van der Waals surface area (Å²) in [6.07, 6.45) is 2.01. The minimum absolute atomic E-state index is 0.223. The molecule has 1 saturated heterocycles. The highest BCUT2D eigenvalue weighted by atomic mass is 35.5. The summed E-state index contributed by atoms with van der Waals surface area (Å²) >= 11 is 5.72. The van der Waals surface area contributed by atoms with Crippen LogP contribution in [-0.2, 0) is 0 Å². The molecule has 1 aliphatic rings. The van der Waals surface area contributed by atoms with Gasteiger partial charge in [0.15, 0.2) is 0 Å². The van der Waals surface area contributed by atoms with Gasteiger partial charge in [0.1, 0.15) is 5.82 Å². The van der Waals surface area contributed by atoms with Crippen LogP contribution in [-0.4, -0.2) is 13.1 Å². The Morgan fingerprint density at radius 3 is 2.69 bits per heavy atom. The van der Waals surface area contributed by atoms with Gasteiger partial charge in [-0.2, -0.15) is 0 Å². The molecule has 4 heteroatoms. The van der Waals surface area contributed by atoms with Crippen LogP contribution in [0.4, 0.5) is 4.39 Å². The molecule has 1 heterocycles. The molecule has 1 aromatic carbocycles. The van der Waals surface area contributed by atoms with Crippen molar-refractivity contribution in [2.45, 2.75) is 18.9 Å². The minimum Gasteiger partial charge on any atom is -0.324 e. The first kappa shape index (κ1) is 11.8. The molecule has 1 fully saturated rings. The maximum Gasteiger partial charge on any atom is 0.129 e. The van der Waals surface area contributed by atoms with Crippen molar-refractivity contribution in [2.75, 3.05) is 13.1 Å². The van der Waals surface area contributed by atoms with Crippen molar-refractivity contribution in [1.29, 1.82) is 0 Å². The summed E-state index contributed by atoms with van der Waals surface area (Å²) in [6.45, 7) is 1.93. The van der Waals surface area contributed by atoms with Gasteiger partial charge < -0.3 is 11.1 Å². The quantitative estimate of drug-likeness (QED) is 0.836. The number of benzene rings is 1. The van der Waals surface area contributed by atoms with Crippen molar-refractivity contribution in [3.8, 4) is 0 Å². The van der Waals surface area contributed by atoms with Crippen molar-refractivity contribution in [3.05, 3.63) is 34.6 Å². The standard InChI is InChI=1S/C12H16ClFN2/c13-9-1-2-10(11(14)7-9)12(15)8-3-5-16-6-4-8/h1-2,7-8,12,16H,3-6,15H2/t12-/m1/s1. The second-order valence-corrected chi connectivity index (χ2v) is 4.72. The molecule has 0 aromatic heterocycles. The number of nitrogens with two attached hydrogens (primary N) is 1. The van der Waals surface area contributed by atoms with Crippen LogP contribution in [0.15, 0.2) is 18.2 Å². The summed E-state index contributed by atoms with van der Waals surface area (Å²) < 4.78 is 13.7. The molecule has 0 aliphatic carbocycles. The Morgan fingerprint density at radius 1 is 1.38 bits per heavy atom. The zero-order chi connectivity index (χ0) is 11.5. The second-order valence-electron chi connectivity index (χ2n) is 4.28. The second kappa shape index (κ2) is 5.13. The summed E-state index contributed by atoms with van der Waals surface area (Å²) in [7, 11) is 0. The molecule has 0 unspecified atom stereocenters. The monoisotopic (exact) mass is 242 g/mol. The van der Waals surface area contributed by atoms with Gasteiger partial charge in [0.05, 0.1) is 0 Å². The zero-order valence-electron chi connectivity index (χ0n) is 9.05. The molecule has 16 heavy (non-hydrogen) atoms. The minimum atomic E-state index is -0.293. The molecule has 1 atom stereocenters. The van der Waals surface area contributed by atoms with Crippen LogP contribution in [0.3, 0.4) is 0 Å². The van der Waals surface area contributed by atoms with E-state index in [0.717, 1.165) is 25.9 Å². The van der Waals surface area contributed by atoms with Crippen LogP contribution in [0.5, 0.6) is 0 Å². The Balaban J connectivity index is 2.15. The largest absolute Gasteiger partial charge is 0.324 e. The number of hydrogen-bond acceptors (Lipinski definition) is 2. The predicted octanol–water partition coefficient (Wildman–Crippen LogP) is 2.48. The summed E-state index contributed by atoms with van der Waals surface area (Å²) in [5.74, 6) is 0.0652. The van der Waals surface area contributed by atoms with Crippen LogP contribution < -0.4 is 11.1 Å². The molecule has 0 saturated carbocycles. The van der Waals surface area contributed by atoms with E-state index in [1.54, 1.807) is 12.1 Å². The molecule has 3 N–H and O–H groups in total. The van der Waals surface area contributed by atoms with E-state index >= 15 is 0 Å². The first-order chi connectivity index (χ1) is 7.68. The molecule has 0 amide bonds. The molecular weight excluding hydrogens is 227 g/mol. The van der Waals surface area contributed by atoms with Crippen LogP contribution in [0.2, 0.25) is 5.02 Å². The smallest absolute Gasteiger partial charge is 0.129 e. The van der Waals surface area contributed by atoms with E-state index in [1.807, 2.05) is 0 Å². The third-order valence-corrected chi connectivity index (χ3v) is 3.45. The van der Waals surface area contributed by atoms with Gasteiger partial charge in [-0.05, 0) is 44.0 Å². The van der Waals surface area contributed by atoms with Crippen LogP contribution in [0.1, 0.15) is 24.4 Å². The molecule has 1 aliphatic heterocycles. The van der Waals surface area contributed by atoms with E-state index < -0.39 is 0 Å². The molecule has 88 valence electrons. The van der Waals surface area contributed by atoms with E-state index in [4.69, 9.17) is 17.3 Å². The Kier molecular flexibility index (Phi) is 3.79. The van der Waals surface area contributed by atoms with Gasteiger partial charge in [-0.1, -0.05) is 17.7 Å². The first-order valence-corrected chi connectivity index (χ1v) is 5.97. The molecule has 2 nitrogen and oxygen atoms in total. The fraction of sp³-hybridized carbons (Fsp3) is 0.500. The number of halogens is 2. The van der Waals surface area contributed by atoms with Crippen molar-refractivity contribution in [1.82, 2.24) is 5.32 Å². The molecule has 0 bridgehead atoms. The zero-order valence-corrected chi connectivity index (χ0v) is 9.80. The van der Waals surface area contributed by atoms with Gasteiger partial charge in [0.2, 0.25) is 0 Å². The van der Waals surface area contributed by atoms with E-state index in [1.165, 1.54) is 6.07 Å². The number of piperidine rings is 1. The lowest BCUT2D eigenvalue weighted by Crippen LogP contribution is -2.34. The lowest BCUT2D eigenvalue weighted by molar-refractivity contribution is 0.317. The Morgan fingerprint density at radius 2 is 2.06 bits per heavy atom. The number of nitrogens with one attached hydrogen (secondary N) is 1. The number of rotatable bonds is 2. The summed E-state index contributed by atoms with van der Waals surface area (Å²) in [5.41, 5.74) is 6.69. The maximum absolute atomic E-state index is 13.7. The van der Waals surface area contributed by atoms with Crippen molar-refractivity contribution >= 4 is 11.6 Å². The van der Waals surface area contributed by atoms with Gasteiger partial charge in [-0.25, -0.2) is 4.39 Å². The SMILES string of the molecule is N[C@@H](c1ccc(Cl)cc1F)C1CCNCC1. The van der Waals surface area contributed by atoms with Crippen LogP contribution in [0, 0.1) is 11.7 Å². The average molecular weight is 243 g/mol. The molecule has 0 radical (unpaired) electrons. The van der Waals surface area contributed by atoms with E-state index in [9.17, 15) is 4.39 Å². The van der Waals surface area contributed by atoms with E-state index in [-0.39, 0.29) is 11.9 Å². The van der Waals surface area contributed by atoms with Crippen LogP contribution >= 0.6 is 11.6 Å². The summed E-state index contributed by atoms with van der Waals surface area (Å²) in [6, 6.07) is 4.50. The average Bonchev–Trinajstić information content (AvgIpc) is 2.29. The molecular formula is C12H16ClFN2. The third-order valence-electron chi connectivity index (χ3n) is 3.21. The summed E-state index contributed by atoms with van der Waals surface area (Å²) in [4.78, 5) is 0. The normalized spacial score (nSPS) is 19.7. The molecule has 0 spiro atoms. The van der Waals surface area contributed by atoms with Crippen LogP contribution in [0.25, 0.3) is 0 Å². The highest BCUT2D eigenvalue weighted by Gasteiger charge is 2.23. The van der Waals surface area contributed by atoms with E-state index in [0.29, 0.717) is 16.5 Å². The maximum atomic E-state index is 13.7. The van der Waals surface area contributed by atoms with Gasteiger partial charge in [-0.15, -0.1) is 0 Å². The Labute approximate surface area is 100.0 Å². The Bertz CT molecular complexity index is 364. The first-order valence-electron chi connectivity index (χ1n) is 5.59. The lowest BCUT2D eigenvalue weighted by Gasteiger charge is -2.28. The highest BCUT2D eigenvalue weighted by Crippen LogP contribution is 2.29. The van der Waals surface area contributed by atoms with Crippen molar-refractivity contribution in [3.63, 3.8) is 0 Å². The highest BCUT2D eigenvalue weighted by molar-refractivity contribution is 6.30. The summed E-state index contributed by atoms with van der Waals surface area (Å²) in [5, 5.41) is 3.69. The fourth-order valence-electron chi connectivity index (χ4n) is 2.23.